The van der Waals surface area contributed by atoms with Gasteiger partial charge in [-0.15, -0.1) is 0 Å². The van der Waals surface area contributed by atoms with E-state index in [-0.39, 0.29) is 30.5 Å². The van der Waals surface area contributed by atoms with Crippen molar-refractivity contribution < 1.29 is 23.9 Å². The maximum Gasteiger partial charge on any atom is 0.509 e. The molecule has 2 atom stereocenters. The van der Waals surface area contributed by atoms with E-state index in [0.717, 1.165) is 5.56 Å². The van der Waals surface area contributed by atoms with Gasteiger partial charge in [0, 0.05) is 12.3 Å². The number of Topliss-reactive ketones (excluding diaryl/α,β-unsaturated/α-hetero) is 2. The Bertz CT molecular complexity index is 550. The Balaban J connectivity index is 2.44. The van der Waals surface area contributed by atoms with Gasteiger partial charge < -0.3 is 9.47 Å². The monoisotopic (exact) mass is 334 g/mol. The average molecular weight is 334 g/mol. The van der Waals surface area contributed by atoms with Crippen molar-refractivity contribution in [3.63, 3.8) is 0 Å². The van der Waals surface area contributed by atoms with Crippen LogP contribution in [-0.2, 0) is 25.7 Å². The molecule has 0 radical (unpaired) electrons. The number of hydrogen-bond acceptors (Lipinski definition) is 5. The molecular weight excluding hydrogens is 308 g/mol. The van der Waals surface area contributed by atoms with Gasteiger partial charge in [-0.2, -0.15) is 0 Å². The highest BCUT2D eigenvalue weighted by Gasteiger charge is 2.25. The Hall–Kier alpha value is -2.17. The first-order chi connectivity index (χ1) is 11.3. The van der Waals surface area contributed by atoms with E-state index in [1.54, 1.807) is 0 Å². The van der Waals surface area contributed by atoms with Crippen LogP contribution in [0, 0.1) is 11.8 Å². The van der Waals surface area contributed by atoms with Crippen LogP contribution in [0.4, 0.5) is 4.79 Å². The first kappa shape index (κ1) is 19.9. The zero-order chi connectivity index (χ0) is 18.1. The van der Waals surface area contributed by atoms with E-state index in [9.17, 15) is 14.4 Å². The number of hydrogen-bond donors (Lipinski definition) is 0. The lowest BCUT2D eigenvalue weighted by molar-refractivity contribution is -0.132. The fourth-order valence-electron chi connectivity index (χ4n) is 2.33. The average Bonchev–Trinajstić information content (AvgIpc) is 2.52. The topological polar surface area (TPSA) is 69.7 Å². The molecule has 0 bridgehead atoms. The van der Waals surface area contributed by atoms with Crippen LogP contribution in [0.25, 0.3) is 0 Å². The second kappa shape index (κ2) is 9.85. The van der Waals surface area contributed by atoms with E-state index in [1.165, 1.54) is 13.8 Å². The van der Waals surface area contributed by atoms with Gasteiger partial charge in [-0.05, 0) is 31.7 Å². The molecule has 0 fully saturated rings. The van der Waals surface area contributed by atoms with Crippen molar-refractivity contribution in [3.05, 3.63) is 35.9 Å². The molecule has 0 aliphatic heterocycles. The highest BCUT2D eigenvalue weighted by atomic mass is 16.7. The molecule has 1 rings (SSSR count). The molecule has 5 heteroatoms. The van der Waals surface area contributed by atoms with Crippen molar-refractivity contribution in [1.29, 1.82) is 0 Å². The zero-order valence-corrected chi connectivity index (χ0v) is 14.8. The summed E-state index contributed by atoms with van der Waals surface area (Å²) in [5, 5.41) is 0. The molecule has 24 heavy (non-hydrogen) atoms. The summed E-state index contributed by atoms with van der Waals surface area (Å²) in [6.07, 6.45) is -1.09. The lowest BCUT2D eigenvalue weighted by Crippen LogP contribution is -2.28. The minimum absolute atomic E-state index is 0.0177. The first-order valence-electron chi connectivity index (χ1n) is 8.20. The molecule has 0 spiro atoms. The normalized spacial score (nSPS) is 13.2. The van der Waals surface area contributed by atoms with E-state index in [4.69, 9.17) is 9.47 Å². The molecule has 1 aromatic carbocycles. The summed E-state index contributed by atoms with van der Waals surface area (Å²) in [4.78, 5) is 35.5. The fraction of sp³-hybridized carbons (Fsp3) is 0.526. The summed E-state index contributed by atoms with van der Waals surface area (Å²) in [5.41, 5.74) is 0.835. The Morgan fingerprint density at radius 1 is 1.04 bits per heavy atom. The van der Waals surface area contributed by atoms with Crippen LogP contribution >= 0.6 is 0 Å². The fourth-order valence-corrected chi connectivity index (χ4v) is 2.33. The summed E-state index contributed by atoms with van der Waals surface area (Å²) in [6, 6.07) is 9.20. The van der Waals surface area contributed by atoms with E-state index >= 15 is 0 Å². The van der Waals surface area contributed by atoms with E-state index in [2.05, 4.69) is 0 Å². The van der Waals surface area contributed by atoms with Crippen molar-refractivity contribution in [1.82, 2.24) is 0 Å². The predicted octanol–water partition coefficient (Wildman–Crippen LogP) is 3.94. The molecule has 2 unspecified atom stereocenters. The van der Waals surface area contributed by atoms with Gasteiger partial charge in [0.15, 0.2) is 11.9 Å². The molecular formula is C19H26O5. The summed E-state index contributed by atoms with van der Waals surface area (Å²) in [7, 11) is 0. The maximum absolute atomic E-state index is 12.2. The van der Waals surface area contributed by atoms with Crippen molar-refractivity contribution in [3.8, 4) is 0 Å². The molecule has 0 aromatic heterocycles. The van der Waals surface area contributed by atoms with Gasteiger partial charge >= 0.3 is 6.16 Å². The third kappa shape index (κ3) is 7.40. The summed E-state index contributed by atoms with van der Waals surface area (Å²) >= 11 is 0. The first-order valence-corrected chi connectivity index (χ1v) is 8.20. The van der Waals surface area contributed by atoms with Gasteiger partial charge in [-0.1, -0.05) is 44.2 Å². The predicted molar refractivity (Wildman–Crippen MR) is 90.4 cm³/mol. The smallest absolute Gasteiger partial charge is 0.429 e. The highest BCUT2D eigenvalue weighted by molar-refractivity contribution is 5.89. The van der Waals surface area contributed by atoms with Gasteiger partial charge in [-0.3, -0.25) is 9.59 Å². The molecule has 0 heterocycles. The Kier molecular flexibility index (Phi) is 8.16. The molecule has 132 valence electrons. The van der Waals surface area contributed by atoms with Gasteiger partial charge in [-0.25, -0.2) is 4.79 Å². The Morgan fingerprint density at radius 3 is 2.21 bits per heavy atom. The zero-order valence-electron chi connectivity index (χ0n) is 14.8. The summed E-state index contributed by atoms with van der Waals surface area (Å²) in [5.74, 6) is -0.300. The largest absolute Gasteiger partial charge is 0.509 e. The van der Waals surface area contributed by atoms with Crippen LogP contribution in [0.1, 0.15) is 46.1 Å². The number of carbonyl (C=O) groups is 3. The minimum Gasteiger partial charge on any atom is -0.429 e. The van der Waals surface area contributed by atoms with Crippen molar-refractivity contribution >= 4 is 17.7 Å². The third-order valence-corrected chi connectivity index (χ3v) is 3.70. The molecule has 1 aromatic rings. The quantitative estimate of drug-likeness (QED) is 0.640. The van der Waals surface area contributed by atoms with Crippen LogP contribution in [-0.4, -0.2) is 23.8 Å². The molecule has 0 N–H and O–H groups in total. The van der Waals surface area contributed by atoms with E-state index < -0.39 is 12.3 Å². The van der Waals surface area contributed by atoms with Crippen molar-refractivity contribution in [2.45, 2.75) is 53.2 Å². The van der Waals surface area contributed by atoms with Gasteiger partial charge in [0.1, 0.15) is 12.4 Å². The van der Waals surface area contributed by atoms with Crippen LogP contribution in [0.5, 0.6) is 0 Å². The Morgan fingerprint density at radius 2 is 1.67 bits per heavy atom. The van der Waals surface area contributed by atoms with Gasteiger partial charge in [0.2, 0.25) is 0 Å². The lowest BCUT2D eigenvalue weighted by atomic mass is 9.88. The highest BCUT2D eigenvalue weighted by Crippen LogP contribution is 2.18. The second-order valence-electron chi connectivity index (χ2n) is 6.39. The van der Waals surface area contributed by atoms with Crippen molar-refractivity contribution in [2.24, 2.45) is 11.8 Å². The molecule has 0 aliphatic carbocycles. The summed E-state index contributed by atoms with van der Waals surface area (Å²) in [6.45, 7) is 7.07. The van der Waals surface area contributed by atoms with Crippen LogP contribution in [0.3, 0.4) is 0 Å². The number of ketones is 2. The van der Waals surface area contributed by atoms with Crippen LogP contribution in [0.2, 0.25) is 0 Å². The standard InChI is InChI=1S/C19H26O5/c1-13(2)10-17(14(3)20)11-18(21)15(4)24-19(22)23-12-16-8-6-5-7-9-16/h5-9,13,15,17H,10-12H2,1-4H3. The molecule has 0 saturated carbocycles. The number of carbonyl (C=O) groups excluding carboxylic acids is 3. The molecule has 5 nitrogen and oxygen atoms in total. The number of benzene rings is 1. The number of rotatable bonds is 9. The minimum atomic E-state index is -0.928. The van der Waals surface area contributed by atoms with Gasteiger partial charge in [0.25, 0.3) is 0 Å². The summed E-state index contributed by atoms with van der Waals surface area (Å²) < 4.78 is 9.98. The van der Waals surface area contributed by atoms with E-state index in [0.29, 0.717) is 12.3 Å². The number of ether oxygens (including phenoxy) is 2. The van der Waals surface area contributed by atoms with E-state index in [1.807, 2.05) is 44.2 Å². The van der Waals surface area contributed by atoms with Crippen LogP contribution < -0.4 is 0 Å². The van der Waals surface area contributed by atoms with Gasteiger partial charge in [0.05, 0.1) is 0 Å². The SMILES string of the molecule is CC(=O)C(CC(=O)C(C)OC(=O)OCc1ccccc1)CC(C)C. The molecule has 0 amide bonds. The third-order valence-electron chi connectivity index (χ3n) is 3.70. The molecule has 0 aliphatic rings. The maximum atomic E-state index is 12.2. The molecule has 0 saturated heterocycles. The van der Waals surface area contributed by atoms with Crippen LogP contribution in [0.15, 0.2) is 30.3 Å². The lowest BCUT2D eigenvalue weighted by Gasteiger charge is -2.18. The van der Waals surface area contributed by atoms with Crippen molar-refractivity contribution in [2.75, 3.05) is 0 Å². The second-order valence-corrected chi connectivity index (χ2v) is 6.39. The Labute approximate surface area is 143 Å².